The molecule has 1 aliphatic heterocycles. The quantitative estimate of drug-likeness (QED) is 0.337. The van der Waals surface area contributed by atoms with Crippen molar-refractivity contribution in [3.63, 3.8) is 0 Å². The van der Waals surface area contributed by atoms with Gasteiger partial charge >= 0.3 is 5.97 Å². The molecule has 3 aliphatic carbocycles. The van der Waals surface area contributed by atoms with E-state index >= 15 is 0 Å². The van der Waals surface area contributed by atoms with E-state index in [1.54, 1.807) is 0 Å². The second-order valence-electron chi connectivity index (χ2n) is 10.5. The molecule has 5 atom stereocenters. The number of rotatable bonds is 8. The molecule has 0 bridgehead atoms. The van der Waals surface area contributed by atoms with Crippen molar-refractivity contribution in [3.05, 3.63) is 35.1 Å². The van der Waals surface area contributed by atoms with Gasteiger partial charge in [0.25, 0.3) is 0 Å². The van der Waals surface area contributed by atoms with E-state index in [0.29, 0.717) is 18.6 Å². The molecule has 35 heavy (non-hydrogen) atoms. The van der Waals surface area contributed by atoms with Gasteiger partial charge in [-0.1, -0.05) is 26.7 Å². The molecular formula is C30H47N2O3+. The molecule has 0 aromatic carbocycles. The van der Waals surface area contributed by atoms with Gasteiger partial charge in [0, 0.05) is 30.0 Å². The highest BCUT2D eigenvalue weighted by Gasteiger charge is 2.46. The minimum absolute atomic E-state index is 0.00544. The third kappa shape index (κ3) is 5.30. The first-order valence-electron chi connectivity index (χ1n) is 14.4. The van der Waals surface area contributed by atoms with E-state index in [9.17, 15) is 4.79 Å². The smallest absolute Gasteiger partial charge is 0.309 e. The number of allylic oxidation sites excluding steroid dienone is 3. The van der Waals surface area contributed by atoms with E-state index in [4.69, 9.17) is 9.47 Å². The monoisotopic (exact) mass is 483 g/mol. The third-order valence-electron chi connectivity index (χ3n) is 8.93. The van der Waals surface area contributed by atoms with Gasteiger partial charge in [0.2, 0.25) is 5.71 Å². The zero-order valence-electron chi connectivity index (χ0n) is 22.7. The van der Waals surface area contributed by atoms with Crippen LogP contribution in [0.2, 0.25) is 0 Å². The van der Waals surface area contributed by atoms with Gasteiger partial charge in [0.1, 0.15) is 25.0 Å². The number of fused-ring (bicyclic) bond motifs is 2. The predicted octanol–water partition coefficient (Wildman–Crippen LogP) is 5.51. The van der Waals surface area contributed by atoms with Crippen LogP contribution in [0.1, 0.15) is 79.6 Å². The molecule has 5 nitrogen and oxygen atoms in total. The summed E-state index contributed by atoms with van der Waals surface area (Å²) < 4.78 is 14.8. The van der Waals surface area contributed by atoms with Crippen LogP contribution in [-0.2, 0) is 14.3 Å². The molecule has 0 amide bonds. The summed E-state index contributed by atoms with van der Waals surface area (Å²) in [5, 5.41) is 0. The van der Waals surface area contributed by atoms with Gasteiger partial charge in [-0.2, -0.15) is 0 Å². The minimum atomic E-state index is -0.0201. The summed E-state index contributed by atoms with van der Waals surface area (Å²) in [6.07, 6.45) is 14.8. The summed E-state index contributed by atoms with van der Waals surface area (Å²) >= 11 is 0. The van der Waals surface area contributed by atoms with Crippen LogP contribution in [0.5, 0.6) is 0 Å². The van der Waals surface area contributed by atoms with Gasteiger partial charge in [-0.05, 0) is 77.1 Å². The van der Waals surface area contributed by atoms with E-state index in [2.05, 4.69) is 55.4 Å². The first-order chi connectivity index (χ1) is 17.1. The van der Waals surface area contributed by atoms with Crippen molar-refractivity contribution < 1.29 is 18.8 Å². The molecule has 0 aromatic heterocycles. The maximum absolute atomic E-state index is 13.1. The number of ether oxygens (including phenoxy) is 2. The number of carbonyl (C=O) groups excluding carboxylic acids is 1. The molecule has 194 valence electrons. The Labute approximate surface area is 212 Å². The van der Waals surface area contributed by atoms with Gasteiger partial charge in [-0.25, -0.2) is 4.58 Å². The minimum Gasteiger partial charge on any atom is -0.489 e. The first-order valence-corrected chi connectivity index (χ1v) is 14.4. The van der Waals surface area contributed by atoms with Crippen LogP contribution in [0.15, 0.2) is 35.1 Å². The van der Waals surface area contributed by atoms with Crippen LogP contribution in [0.4, 0.5) is 0 Å². The second kappa shape index (κ2) is 11.9. The summed E-state index contributed by atoms with van der Waals surface area (Å²) in [4.78, 5) is 15.7. The lowest BCUT2D eigenvalue weighted by atomic mass is 9.64. The molecule has 0 spiro atoms. The van der Waals surface area contributed by atoms with Crippen molar-refractivity contribution in [2.24, 2.45) is 17.8 Å². The Bertz CT molecular complexity index is 889. The highest BCUT2D eigenvalue weighted by atomic mass is 16.5. The van der Waals surface area contributed by atoms with E-state index < -0.39 is 0 Å². The number of esters is 1. The molecule has 0 N–H and O–H groups in total. The van der Waals surface area contributed by atoms with Crippen molar-refractivity contribution in [1.82, 2.24) is 4.90 Å². The van der Waals surface area contributed by atoms with Crippen molar-refractivity contribution in [1.29, 1.82) is 0 Å². The lowest BCUT2D eigenvalue weighted by Crippen LogP contribution is -2.47. The Balaban J connectivity index is 1.76. The Hall–Kier alpha value is -1.88. The molecule has 4 aliphatic rings. The Morgan fingerprint density at radius 2 is 1.74 bits per heavy atom. The summed E-state index contributed by atoms with van der Waals surface area (Å²) in [6.45, 7) is 15.5. The van der Waals surface area contributed by atoms with Gasteiger partial charge in [0.05, 0.1) is 18.6 Å². The Morgan fingerprint density at radius 3 is 2.43 bits per heavy atom. The number of nitrogens with zero attached hydrogens (tertiary/aromatic N) is 2. The van der Waals surface area contributed by atoms with Crippen molar-refractivity contribution in [3.8, 4) is 0 Å². The molecule has 2 saturated carbocycles. The lowest BCUT2D eigenvalue weighted by molar-refractivity contribution is -0.519. The molecule has 0 saturated heterocycles. The Morgan fingerprint density at radius 1 is 1.00 bits per heavy atom. The zero-order valence-corrected chi connectivity index (χ0v) is 22.7. The largest absolute Gasteiger partial charge is 0.489 e. The fraction of sp³-hybridized carbons (Fsp3) is 0.733. The molecular weight excluding hydrogens is 436 g/mol. The van der Waals surface area contributed by atoms with Gasteiger partial charge in [-0.3, -0.25) is 4.79 Å². The fourth-order valence-electron chi connectivity index (χ4n) is 7.17. The highest BCUT2D eigenvalue weighted by molar-refractivity contribution is 6.03. The van der Waals surface area contributed by atoms with Crippen LogP contribution in [0.25, 0.3) is 0 Å². The van der Waals surface area contributed by atoms with Crippen LogP contribution in [0, 0.1) is 17.8 Å². The standard InChI is InChI=1S/C30H47N2O3/c1-6-31(7-2)21-15-17-25-27(19-21)35-28-20-22(32(8-3)9-4)16-18-26(28)29(25)23-13-11-12-14-24(23)30(33)34-10-5/h15,17,19,22-24,26,28H,6-14,16,18,20H2,1-5H3/q+1. The topological polar surface area (TPSA) is 41.8 Å². The lowest BCUT2D eigenvalue weighted by Gasteiger charge is -2.48. The third-order valence-corrected chi connectivity index (χ3v) is 8.93. The first kappa shape index (κ1) is 26.2. The van der Waals surface area contributed by atoms with Crippen LogP contribution >= 0.6 is 0 Å². The fourth-order valence-corrected chi connectivity index (χ4v) is 7.17. The normalized spacial score (nSPS) is 30.4. The van der Waals surface area contributed by atoms with Crippen LogP contribution in [-0.4, -0.2) is 66.1 Å². The summed E-state index contributed by atoms with van der Waals surface area (Å²) in [5.74, 6) is 1.68. The van der Waals surface area contributed by atoms with Crippen LogP contribution in [0.3, 0.4) is 0 Å². The maximum atomic E-state index is 13.1. The van der Waals surface area contributed by atoms with E-state index in [1.165, 1.54) is 29.7 Å². The van der Waals surface area contributed by atoms with Gasteiger partial charge in [-0.15, -0.1) is 0 Å². The van der Waals surface area contributed by atoms with Crippen molar-refractivity contribution in [2.45, 2.75) is 91.7 Å². The molecule has 5 unspecified atom stereocenters. The highest BCUT2D eigenvalue weighted by Crippen LogP contribution is 2.50. The van der Waals surface area contributed by atoms with Gasteiger partial charge < -0.3 is 14.4 Å². The van der Waals surface area contributed by atoms with Crippen molar-refractivity contribution in [2.75, 3.05) is 32.8 Å². The average molecular weight is 484 g/mol. The number of hydrogen-bond acceptors (Lipinski definition) is 4. The van der Waals surface area contributed by atoms with E-state index in [0.717, 1.165) is 64.0 Å². The molecule has 0 aromatic rings. The molecule has 0 radical (unpaired) electrons. The maximum Gasteiger partial charge on any atom is 0.309 e. The number of hydrogen-bond donors (Lipinski definition) is 0. The number of carbonyl (C=O) groups is 1. The van der Waals surface area contributed by atoms with Crippen molar-refractivity contribution >= 4 is 11.7 Å². The predicted molar refractivity (Wildman–Crippen MR) is 142 cm³/mol. The summed E-state index contributed by atoms with van der Waals surface area (Å²) in [5.41, 5.74) is 3.98. The molecule has 2 fully saturated rings. The average Bonchev–Trinajstić information content (AvgIpc) is 2.88. The SMILES string of the molecule is CCOC(=O)C1CCCCC1C1=C2C=CC(=[N+](CC)CC)C=C2OC2CC(N(CC)CC)CCC12. The van der Waals surface area contributed by atoms with E-state index in [1.807, 2.05) is 6.92 Å². The summed E-state index contributed by atoms with van der Waals surface area (Å²) in [6, 6.07) is 0.576. The van der Waals surface area contributed by atoms with E-state index in [-0.39, 0.29) is 23.9 Å². The Kier molecular flexibility index (Phi) is 8.91. The summed E-state index contributed by atoms with van der Waals surface area (Å²) in [7, 11) is 0. The molecule has 1 heterocycles. The second-order valence-corrected chi connectivity index (χ2v) is 10.5. The molecule has 4 rings (SSSR count). The molecule has 5 heteroatoms. The zero-order chi connectivity index (χ0) is 24.9. The van der Waals surface area contributed by atoms with Gasteiger partial charge in [0.15, 0.2) is 0 Å². The van der Waals surface area contributed by atoms with Crippen LogP contribution < -0.4 is 0 Å².